The molecule has 0 spiro atoms. The van der Waals surface area contributed by atoms with Gasteiger partial charge >= 0.3 is 0 Å². The Bertz CT molecular complexity index is 798. The summed E-state index contributed by atoms with van der Waals surface area (Å²) in [4.78, 5) is 12.1. The van der Waals surface area contributed by atoms with Gasteiger partial charge in [0.15, 0.2) is 6.61 Å². The van der Waals surface area contributed by atoms with Crippen molar-refractivity contribution in [3.63, 3.8) is 0 Å². The fourth-order valence-electron chi connectivity index (χ4n) is 2.63. The predicted octanol–water partition coefficient (Wildman–Crippen LogP) is 4.61. The number of rotatable bonds is 6. The molecule has 0 fully saturated rings. The van der Waals surface area contributed by atoms with E-state index in [4.69, 9.17) is 4.74 Å². The lowest BCUT2D eigenvalue weighted by atomic mass is 10.1. The fourth-order valence-corrected chi connectivity index (χ4v) is 2.63. The van der Waals surface area contributed by atoms with Gasteiger partial charge in [-0.1, -0.05) is 72.8 Å². The van der Waals surface area contributed by atoms with Crippen LogP contribution in [-0.2, 0) is 4.79 Å². The number of hydrogen-bond donors (Lipinski definition) is 1. The first-order chi connectivity index (χ1) is 12.2. The molecule has 25 heavy (non-hydrogen) atoms. The first-order valence-electron chi connectivity index (χ1n) is 8.35. The maximum Gasteiger partial charge on any atom is 0.258 e. The molecule has 1 atom stereocenters. The summed E-state index contributed by atoms with van der Waals surface area (Å²) in [5, 5.41) is 2.94. The smallest absolute Gasteiger partial charge is 0.258 e. The van der Waals surface area contributed by atoms with Crippen molar-refractivity contribution in [3.8, 4) is 16.9 Å². The highest BCUT2D eigenvalue weighted by Crippen LogP contribution is 2.22. The summed E-state index contributed by atoms with van der Waals surface area (Å²) in [5.41, 5.74) is 3.35. The van der Waals surface area contributed by atoms with E-state index in [1.165, 1.54) is 0 Å². The lowest BCUT2D eigenvalue weighted by molar-refractivity contribution is -0.123. The Kier molecular flexibility index (Phi) is 5.47. The Morgan fingerprint density at radius 3 is 2.04 bits per heavy atom. The van der Waals surface area contributed by atoms with Crippen LogP contribution in [-0.4, -0.2) is 12.5 Å². The molecule has 0 saturated carbocycles. The minimum Gasteiger partial charge on any atom is -0.484 e. The van der Waals surface area contributed by atoms with E-state index in [2.05, 4.69) is 17.4 Å². The average Bonchev–Trinajstić information content (AvgIpc) is 2.68. The molecule has 0 aliphatic heterocycles. The number of ether oxygens (including phenoxy) is 1. The predicted molar refractivity (Wildman–Crippen MR) is 100 cm³/mol. The van der Waals surface area contributed by atoms with Gasteiger partial charge in [-0.3, -0.25) is 4.79 Å². The highest BCUT2D eigenvalue weighted by molar-refractivity contribution is 5.78. The molecule has 0 heterocycles. The second-order valence-electron chi connectivity index (χ2n) is 5.88. The highest BCUT2D eigenvalue weighted by Gasteiger charge is 2.09. The molecular formula is C22H21NO2. The highest BCUT2D eigenvalue weighted by atomic mass is 16.5. The monoisotopic (exact) mass is 331 g/mol. The molecule has 3 rings (SSSR count). The van der Waals surface area contributed by atoms with Crippen molar-refractivity contribution in [1.29, 1.82) is 0 Å². The van der Waals surface area contributed by atoms with Gasteiger partial charge in [0, 0.05) is 0 Å². The molecule has 0 unspecified atom stereocenters. The number of nitrogens with one attached hydrogen (secondary N) is 1. The third-order valence-corrected chi connectivity index (χ3v) is 4.01. The van der Waals surface area contributed by atoms with Crippen LogP contribution in [0.25, 0.3) is 11.1 Å². The van der Waals surface area contributed by atoms with Gasteiger partial charge in [-0.15, -0.1) is 0 Å². The molecule has 0 bridgehead atoms. The minimum atomic E-state index is -0.136. The maximum atomic E-state index is 12.1. The van der Waals surface area contributed by atoms with E-state index in [9.17, 15) is 4.79 Å². The lowest BCUT2D eigenvalue weighted by Gasteiger charge is -2.14. The zero-order chi connectivity index (χ0) is 17.5. The van der Waals surface area contributed by atoms with Crippen molar-refractivity contribution in [2.45, 2.75) is 13.0 Å². The average molecular weight is 331 g/mol. The van der Waals surface area contributed by atoms with Crippen molar-refractivity contribution in [2.24, 2.45) is 0 Å². The van der Waals surface area contributed by atoms with E-state index < -0.39 is 0 Å². The van der Waals surface area contributed by atoms with Gasteiger partial charge in [-0.2, -0.15) is 0 Å². The van der Waals surface area contributed by atoms with E-state index in [1.54, 1.807) is 0 Å². The van der Waals surface area contributed by atoms with Gasteiger partial charge in [0.1, 0.15) is 5.75 Å². The molecule has 3 aromatic rings. The molecular weight excluding hydrogens is 310 g/mol. The van der Waals surface area contributed by atoms with Crippen molar-refractivity contribution in [1.82, 2.24) is 5.32 Å². The molecule has 0 saturated heterocycles. The van der Waals surface area contributed by atoms with Gasteiger partial charge in [-0.05, 0) is 35.7 Å². The van der Waals surface area contributed by atoms with Crippen molar-refractivity contribution in [2.75, 3.05) is 6.61 Å². The van der Waals surface area contributed by atoms with Crippen LogP contribution in [0.1, 0.15) is 18.5 Å². The second kappa shape index (κ2) is 8.15. The number of amides is 1. The van der Waals surface area contributed by atoms with Crippen LogP contribution in [0.3, 0.4) is 0 Å². The van der Waals surface area contributed by atoms with Crippen LogP contribution in [0.2, 0.25) is 0 Å². The van der Waals surface area contributed by atoms with Gasteiger partial charge in [0.2, 0.25) is 0 Å². The van der Waals surface area contributed by atoms with Crippen LogP contribution >= 0.6 is 0 Å². The molecule has 0 aromatic heterocycles. The summed E-state index contributed by atoms with van der Waals surface area (Å²) in [6.07, 6.45) is 0. The third-order valence-electron chi connectivity index (χ3n) is 4.01. The first kappa shape index (κ1) is 16.8. The molecule has 3 aromatic carbocycles. The van der Waals surface area contributed by atoms with Crippen LogP contribution < -0.4 is 10.1 Å². The Morgan fingerprint density at radius 2 is 1.40 bits per heavy atom. The van der Waals surface area contributed by atoms with Crippen LogP contribution in [0, 0.1) is 0 Å². The fraction of sp³-hybridized carbons (Fsp3) is 0.136. The van der Waals surface area contributed by atoms with E-state index in [0.717, 1.165) is 16.7 Å². The number of carbonyl (C=O) groups is 1. The van der Waals surface area contributed by atoms with Crippen molar-refractivity contribution < 1.29 is 9.53 Å². The Hall–Kier alpha value is -3.07. The number of carbonyl (C=O) groups excluding carboxylic acids is 1. The Morgan fingerprint density at radius 1 is 0.840 bits per heavy atom. The zero-order valence-corrected chi connectivity index (χ0v) is 14.2. The van der Waals surface area contributed by atoms with E-state index >= 15 is 0 Å². The molecule has 0 aliphatic carbocycles. The van der Waals surface area contributed by atoms with Crippen LogP contribution in [0.15, 0.2) is 84.9 Å². The Labute approximate surface area is 148 Å². The van der Waals surface area contributed by atoms with Crippen molar-refractivity contribution >= 4 is 5.91 Å². The van der Waals surface area contributed by atoms with E-state index in [-0.39, 0.29) is 18.6 Å². The Balaban J connectivity index is 1.52. The molecule has 1 amide bonds. The standard InChI is InChI=1S/C22H21NO2/c1-17(18-8-4-2-5-9-18)23-22(24)16-25-21-14-12-20(13-15-21)19-10-6-3-7-11-19/h2-15,17H,16H2,1H3,(H,23,24)/t17-/m1/s1. The largest absolute Gasteiger partial charge is 0.484 e. The molecule has 1 N–H and O–H groups in total. The summed E-state index contributed by atoms with van der Waals surface area (Å²) in [6.45, 7) is 1.96. The van der Waals surface area contributed by atoms with Crippen molar-refractivity contribution in [3.05, 3.63) is 90.5 Å². The number of hydrogen-bond acceptors (Lipinski definition) is 2. The van der Waals surface area contributed by atoms with Crippen LogP contribution in [0.5, 0.6) is 5.75 Å². The summed E-state index contributed by atoms with van der Waals surface area (Å²) in [6, 6.07) is 27.7. The maximum absolute atomic E-state index is 12.1. The molecule has 126 valence electrons. The molecule has 0 aliphatic rings. The van der Waals surface area contributed by atoms with Gasteiger partial charge < -0.3 is 10.1 Å². The summed E-state index contributed by atoms with van der Waals surface area (Å²) < 4.78 is 5.58. The minimum absolute atomic E-state index is 0.00184. The van der Waals surface area contributed by atoms with Gasteiger partial charge in [0.25, 0.3) is 5.91 Å². The summed E-state index contributed by atoms with van der Waals surface area (Å²) in [7, 11) is 0. The second-order valence-corrected chi connectivity index (χ2v) is 5.88. The SMILES string of the molecule is C[C@@H](NC(=O)COc1ccc(-c2ccccc2)cc1)c1ccccc1. The molecule has 0 radical (unpaired) electrons. The summed E-state index contributed by atoms with van der Waals surface area (Å²) in [5.74, 6) is 0.547. The quantitative estimate of drug-likeness (QED) is 0.716. The molecule has 3 heteroatoms. The van der Waals surface area contributed by atoms with E-state index in [0.29, 0.717) is 5.75 Å². The normalized spacial score (nSPS) is 11.6. The van der Waals surface area contributed by atoms with Crippen LogP contribution in [0.4, 0.5) is 0 Å². The van der Waals surface area contributed by atoms with Gasteiger partial charge in [0.05, 0.1) is 6.04 Å². The summed E-state index contributed by atoms with van der Waals surface area (Å²) >= 11 is 0. The number of benzene rings is 3. The lowest BCUT2D eigenvalue weighted by Crippen LogP contribution is -2.31. The van der Waals surface area contributed by atoms with Gasteiger partial charge in [-0.25, -0.2) is 0 Å². The third kappa shape index (κ3) is 4.70. The zero-order valence-electron chi connectivity index (χ0n) is 14.2. The first-order valence-corrected chi connectivity index (χ1v) is 8.35. The molecule has 3 nitrogen and oxygen atoms in total. The van der Waals surface area contributed by atoms with E-state index in [1.807, 2.05) is 79.7 Å². The topological polar surface area (TPSA) is 38.3 Å².